The Bertz CT molecular complexity index is 291. The number of carbonyl (C=O) groups excluding carboxylic acids is 1. The minimum absolute atomic E-state index is 0.240. The first-order valence-corrected chi connectivity index (χ1v) is 6.10. The molecule has 0 fully saturated rings. The maximum absolute atomic E-state index is 9.68. The van der Waals surface area contributed by atoms with Gasteiger partial charge in [-0.15, -0.1) is 0 Å². The van der Waals surface area contributed by atoms with Gasteiger partial charge in [-0.2, -0.15) is 0 Å². The van der Waals surface area contributed by atoms with Crippen LogP contribution in [0.4, 0.5) is 0 Å². The minimum atomic E-state index is 0.240. The molecule has 0 spiro atoms. The van der Waals surface area contributed by atoms with E-state index in [-0.39, 0.29) is 6.61 Å². The molecule has 0 aliphatic heterocycles. The van der Waals surface area contributed by atoms with Crippen molar-refractivity contribution in [2.24, 2.45) is 0 Å². The number of aldehydes is 1. The molecule has 2 heteroatoms. The van der Waals surface area contributed by atoms with Gasteiger partial charge in [0.1, 0.15) is 6.29 Å². The fourth-order valence-corrected chi connectivity index (χ4v) is 1.25. The summed E-state index contributed by atoms with van der Waals surface area (Å²) in [6, 6.07) is 9.95. The lowest BCUT2D eigenvalue weighted by atomic mass is 10.2. The number of unbranched alkanes of at least 4 members (excludes halogenated alkanes) is 2. The Morgan fingerprint density at radius 2 is 1.94 bits per heavy atom. The Morgan fingerprint density at radius 1 is 1.24 bits per heavy atom. The summed E-state index contributed by atoms with van der Waals surface area (Å²) < 4.78 is 0. The quantitative estimate of drug-likeness (QED) is 0.466. The second-order valence-corrected chi connectivity index (χ2v) is 3.67. The molecule has 17 heavy (non-hydrogen) atoms. The molecule has 0 aliphatic carbocycles. The fourth-order valence-electron chi connectivity index (χ4n) is 1.25. The Balaban J connectivity index is 0.000000304. The molecule has 1 aromatic rings. The van der Waals surface area contributed by atoms with Gasteiger partial charge in [-0.1, -0.05) is 56.2 Å². The van der Waals surface area contributed by atoms with Gasteiger partial charge in [-0.25, -0.2) is 0 Å². The van der Waals surface area contributed by atoms with E-state index in [1.165, 1.54) is 18.4 Å². The molecule has 1 aromatic carbocycles. The van der Waals surface area contributed by atoms with E-state index in [0.29, 0.717) is 0 Å². The van der Waals surface area contributed by atoms with E-state index in [0.717, 1.165) is 19.1 Å². The van der Waals surface area contributed by atoms with Crippen molar-refractivity contribution in [2.75, 3.05) is 6.61 Å². The summed E-state index contributed by atoms with van der Waals surface area (Å²) in [6.07, 6.45) is 8.45. The van der Waals surface area contributed by atoms with Crippen LogP contribution in [0.2, 0.25) is 0 Å². The van der Waals surface area contributed by atoms with Crippen molar-refractivity contribution in [1.82, 2.24) is 0 Å². The zero-order chi connectivity index (χ0) is 12.8. The summed E-state index contributed by atoms with van der Waals surface area (Å²) in [6.45, 7) is 2.37. The first-order valence-electron chi connectivity index (χ1n) is 6.10. The standard InChI is InChI=1S/C8H10O.C7H12O/c9-7-6-8-4-2-1-3-5-8;1-2-3-4-5-6-7-8/h1-5,9H,6-7H2;5-7H,2-4H2,1H3. The number of benzene rings is 1. The van der Waals surface area contributed by atoms with Gasteiger partial charge in [0.2, 0.25) is 0 Å². The molecule has 1 rings (SSSR count). The van der Waals surface area contributed by atoms with E-state index >= 15 is 0 Å². The monoisotopic (exact) mass is 234 g/mol. The van der Waals surface area contributed by atoms with Crippen molar-refractivity contribution in [3.8, 4) is 0 Å². The summed E-state index contributed by atoms with van der Waals surface area (Å²) in [7, 11) is 0. The van der Waals surface area contributed by atoms with Crippen molar-refractivity contribution >= 4 is 6.29 Å². The van der Waals surface area contributed by atoms with Gasteiger partial charge in [0, 0.05) is 6.61 Å². The van der Waals surface area contributed by atoms with Gasteiger partial charge in [0.05, 0.1) is 0 Å². The third-order valence-corrected chi connectivity index (χ3v) is 2.18. The van der Waals surface area contributed by atoms with Crippen molar-refractivity contribution < 1.29 is 9.90 Å². The van der Waals surface area contributed by atoms with Gasteiger partial charge in [-0.05, 0) is 24.5 Å². The first kappa shape index (κ1) is 15.6. The van der Waals surface area contributed by atoms with Crippen molar-refractivity contribution in [1.29, 1.82) is 0 Å². The lowest BCUT2D eigenvalue weighted by molar-refractivity contribution is -0.104. The largest absolute Gasteiger partial charge is 0.396 e. The molecule has 94 valence electrons. The summed E-state index contributed by atoms with van der Waals surface area (Å²) in [5.41, 5.74) is 1.19. The maximum Gasteiger partial charge on any atom is 0.142 e. The van der Waals surface area contributed by atoms with Crippen LogP contribution in [0.25, 0.3) is 0 Å². The topological polar surface area (TPSA) is 37.3 Å². The van der Waals surface area contributed by atoms with Crippen LogP contribution in [0.3, 0.4) is 0 Å². The molecule has 0 unspecified atom stereocenters. The average Bonchev–Trinajstić information content (AvgIpc) is 2.37. The summed E-state index contributed by atoms with van der Waals surface area (Å²) in [4.78, 5) is 9.68. The van der Waals surface area contributed by atoms with Crippen molar-refractivity contribution in [3.63, 3.8) is 0 Å². The number of aliphatic hydroxyl groups is 1. The van der Waals surface area contributed by atoms with Gasteiger partial charge >= 0.3 is 0 Å². The Morgan fingerprint density at radius 3 is 2.47 bits per heavy atom. The molecule has 2 nitrogen and oxygen atoms in total. The minimum Gasteiger partial charge on any atom is -0.396 e. The zero-order valence-corrected chi connectivity index (χ0v) is 10.5. The average molecular weight is 234 g/mol. The number of allylic oxidation sites excluding steroid dienone is 2. The molecule has 0 saturated carbocycles. The second-order valence-electron chi connectivity index (χ2n) is 3.67. The van der Waals surface area contributed by atoms with Crippen LogP contribution in [0.15, 0.2) is 42.5 Å². The van der Waals surface area contributed by atoms with Gasteiger partial charge in [0.15, 0.2) is 0 Å². The van der Waals surface area contributed by atoms with Gasteiger partial charge in [0.25, 0.3) is 0 Å². The van der Waals surface area contributed by atoms with Crippen LogP contribution < -0.4 is 0 Å². The molecule has 0 saturated heterocycles. The molecular weight excluding hydrogens is 212 g/mol. The van der Waals surface area contributed by atoms with E-state index in [2.05, 4.69) is 6.92 Å². The van der Waals surface area contributed by atoms with Crippen LogP contribution in [0, 0.1) is 0 Å². The fraction of sp³-hybridized carbons (Fsp3) is 0.400. The van der Waals surface area contributed by atoms with Crippen molar-refractivity contribution in [2.45, 2.75) is 32.6 Å². The molecule has 0 amide bonds. The predicted octanol–water partition coefficient (Wildman–Crippen LogP) is 3.15. The zero-order valence-electron chi connectivity index (χ0n) is 10.5. The molecular formula is C15H22O2. The van der Waals surface area contributed by atoms with Crippen LogP contribution in [-0.2, 0) is 11.2 Å². The van der Waals surface area contributed by atoms with E-state index in [1.54, 1.807) is 6.08 Å². The van der Waals surface area contributed by atoms with Gasteiger partial charge < -0.3 is 5.11 Å². The lowest BCUT2D eigenvalue weighted by Crippen LogP contribution is -1.88. The van der Waals surface area contributed by atoms with E-state index in [4.69, 9.17) is 5.11 Å². The molecule has 0 aliphatic rings. The summed E-state index contributed by atoms with van der Waals surface area (Å²) in [5.74, 6) is 0. The number of aliphatic hydroxyl groups excluding tert-OH is 1. The van der Waals surface area contributed by atoms with Crippen LogP contribution in [-0.4, -0.2) is 18.0 Å². The smallest absolute Gasteiger partial charge is 0.142 e. The highest BCUT2D eigenvalue weighted by Gasteiger charge is 1.85. The third kappa shape index (κ3) is 10.9. The third-order valence-electron chi connectivity index (χ3n) is 2.18. The van der Waals surface area contributed by atoms with Crippen LogP contribution >= 0.6 is 0 Å². The van der Waals surface area contributed by atoms with E-state index in [1.807, 2.05) is 36.4 Å². The molecule has 0 heterocycles. The number of rotatable bonds is 6. The van der Waals surface area contributed by atoms with E-state index < -0.39 is 0 Å². The highest BCUT2D eigenvalue weighted by atomic mass is 16.2. The molecule has 0 bridgehead atoms. The Kier molecular flexibility index (Phi) is 11.6. The number of carbonyl (C=O) groups is 1. The SMILES string of the molecule is CCCCC=CC=O.OCCc1ccccc1. The molecule has 0 radical (unpaired) electrons. The number of hydrogen-bond donors (Lipinski definition) is 1. The second kappa shape index (κ2) is 12.7. The normalized spacial score (nSPS) is 9.76. The maximum atomic E-state index is 9.68. The van der Waals surface area contributed by atoms with Gasteiger partial charge in [-0.3, -0.25) is 4.79 Å². The van der Waals surface area contributed by atoms with Crippen molar-refractivity contribution in [3.05, 3.63) is 48.0 Å². The van der Waals surface area contributed by atoms with Crippen LogP contribution in [0.1, 0.15) is 31.7 Å². The highest BCUT2D eigenvalue weighted by Crippen LogP contribution is 1.97. The van der Waals surface area contributed by atoms with Crippen LogP contribution in [0.5, 0.6) is 0 Å². The Labute approximate surface area is 104 Å². The summed E-state index contributed by atoms with van der Waals surface area (Å²) in [5, 5.41) is 8.52. The molecule has 1 N–H and O–H groups in total. The predicted molar refractivity (Wildman–Crippen MR) is 72.0 cm³/mol. The summed E-state index contributed by atoms with van der Waals surface area (Å²) >= 11 is 0. The molecule has 0 aromatic heterocycles. The Hall–Kier alpha value is -1.41. The first-order chi connectivity index (χ1) is 8.35. The highest BCUT2D eigenvalue weighted by molar-refractivity contribution is 5.64. The molecule has 0 atom stereocenters. The number of hydrogen-bond acceptors (Lipinski definition) is 2. The van der Waals surface area contributed by atoms with E-state index in [9.17, 15) is 4.79 Å². The lowest BCUT2D eigenvalue weighted by Gasteiger charge is -1.93.